The Hall–Kier alpha value is -2.53. The highest BCUT2D eigenvalue weighted by Crippen LogP contribution is 2.33. The molecule has 0 aliphatic carbocycles. The Morgan fingerprint density at radius 1 is 1.15 bits per heavy atom. The summed E-state index contributed by atoms with van der Waals surface area (Å²) >= 11 is 6.07. The minimum Gasteiger partial charge on any atom is -0.487 e. The number of anilines is 1. The number of carbonyl (C=O) groups is 2. The molecular formula is C20H21ClN2O3. The molecule has 1 aliphatic heterocycles. The van der Waals surface area contributed by atoms with E-state index in [-0.39, 0.29) is 30.8 Å². The van der Waals surface area contributed by atoms with Crippen LogP contribution in [-0.2, 0) is 16.1 Å². The van der Waals surface area contributed by atoms with Crippen LogP contribution < -0.4 is 15.0 Å². The predicted octanol–water partition coefficient (Wildman–Crippen LogP) is 3.55. The highest BCUT2D eigenvalue weighted by atomic mass is 35.5. The predicted molar refractivity (Wildman–Crippen MR) is 101 cm³/mol. The molecule has 26 heavy (non-hydrogen) atoms. The van der Waals surface area contributed by atoms with Crippen LogP contribution in [0.25, 0.3) is 0 Å². The van der Waals surface area contributed by atoms with Crippen molar-refractivity contribution in [3.8, 4) is 5.75 Å². The lowest BCUT2D eigenvalue weighted by Crippen LogP contribution is -2.42. The van der Waals surface area contributed by atoms with Crippen molar-refractivity contribution in [2.24, 2.45) is 0 Å². The molecule has 0 spiro atoms. The number of nitrogens with zero attached hydrogens (tertiary/aromatic N) is 1. The molecule has 0 bridgehead atoms. The van der Waals surface area contributed by atoms with Gasteiger partial charge in [0.1, 0.15) is 11.9 Å². The van der Waals surface area contributed by atoms with Crippen LogP contribution in [-0.4, -0.2) is 24.5 Å². The van der Waals surface area contributed by atoms with Gasteiger partial charge >= 0.3 is 0 Å². The van der Waals surface area contributed by atoms with E-state index in [1.807, 2.05) is 49.4 Å². The van der Waals surface area contributed by atoms with Crippen LogP contribution >= 0.6 is 11.6 Å². The molecule has 0 fully saturated rings. The van der Waals surface area contributed by atoms with Crippen molar-refractivity contribution in [3.05, 3.63) is 59.1 Å². The quantitative estimate of drug-likeness (QED) is 0.873. The molecule has 1 N–H and O–H groups in total. The van der Waals surface area contributed by atoms with Crippen LogP contribution in [0.4, 0.5) is 5.69 Å². The molecule has 1 aliphatic rings. The van der Waals surface area contributed by atoms with Crippen molar-refractivity contribution in [2.75, 3.05) is 11.4 Å². The molecule has 6 heteroatoms. The fraction of sp³-hybridized carbons (Fsp3) is 0.300. The number of hydrogen-bond acceptors (Lipinski definition) is 3. The molecule has 0 saturated carbocycles. The number of halogens is 1. The first kappa shape index (κ1) is 18.3. The lowest BCUT2D eigenvalue weighted by Gasteiger charge is -2.33. The maximum atomic E-state index is 12.6. The third kappa shape index (κ3) is 4.35. The molecule has 3 rings (SSSR count). The third-order valence-electron chi connectivity index (χ3n) is 4.22. The molecule has 2 aromatic rings. The summed E-state index contributed by atoms with van der Waals surface area (Å²) < 4.78 is 5.75. The Morgan fingerprint density at radius 2 is 1.88 bits per heavy atom. The first-order valence-corrected chi connectivity index (χ1v) is 8.98. The maximum absolute atomic E-state index is 12.6. The number of hydrogen-bond donors (Lipinski definition) is 1. The van der Waals surface area contributed by atoms with Crippen molar-refractivity contribution in [1.82, 2.24) is 5.32 Å². The number of rotatable bonds is 5. The first-order chi connectivity index (χ1) is 12.5. The average molecular weight is 373 g/mol. The molecule has 0 radical (unpaired) electrons. The van der Waals surface area contributed by atoms with E-state index in [1.54, 1.807) is 11.0 Å². The Labute approximate surface area is 157 Å². The monoisotopic (exact) mass is 372 g/mol. The van der Waals surface area contributed by atoms with Gasteiger partial charge in [-0.05, 0) is 30.7 Å². The van der Waals surface area contributed by atoms with Crippen LogP contribution in [0.3, 0.4) is 0 Å². The van der Waals surface area contributed by atoms with E-state index in [4.69, 9.17) is 16.3 Å². The van der Waals surface area contributed by atoms with Gasteiger partial charge in [-0.3, -0.25) is 9.59 Å². The SMILES string of the molecule is CC1CN(C(=O)CCC(=O)NCc2ccccc2Cl)c2ccccc2O1. The Kier molecular flexibility index (Phi) is 5.78. The van der Waals surface area contributed by atoms with Gasteiger partial charge in [0.2, 0.25) is 11.8 Å². The van der Waals surface area contributed by atoms with Gasteiger partial charge in [0.15, 0.2) is 0 Å². The van der Waals surface area contributed by atoms with Crippen LogP contribution in [0.5, 0.6) is 5.75 Å². The number of nitrogens with one attached hydrogen (secondary N) is 1. The summed E-state index contributed by atoms with van der Waals surface area (Å²) in [6, 6.07) is 14.8. The summed E-state index contributed by atoms with van der Waals surface area (Å²) in [6.07, 6.45) is 0.204. The molecule has 1 atom stereocenters. The summed E-state index contributed by atoms with van der Waals surface area (Å²) in [4.78, 5) is 26.4. The van der Waals surface area contributed by atoms with Crippen LogP contribution in [0, 0.1) is 0 Å². The minimum atomic E-state index is -0.173. The number of ether oxygens (including phenoxy) is 1. The Bertz CT molecular complexity index is 809. The summed E-state index contributed by atoms with van der Waals surface area (Å²) in [7, 11) is 0. The van der Waals surface area contributed by atoms with Gasteiger partial charge in [-0.25, -0.2) is 0 Å². The van der Waals surface area contributed by atoms with Gasteiger partial charge in [-0.15, -0.1) is 0 Å². The van der Waals surface area contributed by atoms with Crippen LogP contribution in [0.1, 0.15) is 25.3 Å². The number of fused-ring (bicyclic) bond motifs is 1. The number of benzene rings is 2. The zero-order valence-electron chi connectivity index (χ0n) is 14.6. The summed E-state index contributed by atoms with van der Waals surface area (Å²) in [5.41, 5.74) is 1.61. The largest absolute Gasteiger partial charge is 0.487 e. The van der Waals surface area contributed by atoms with Gasteiger partial charge in [-0.2, -0.15) is 0 Å². The highest BCUT2D eigenvalue weighted by molar-refractivity contribution is 6.31. The van der Waals surface area contributed by atoms with Crippen LogP contribution in [0.2, 0.25) is 5.02 Å². The van der Waals surface area contributed by atoms with E-state index in [0.717, 1.165) is 11.3 Å². The lowest BCUT2D eigenvalue weighted by atomic mass is 10.1. The summed E-state index contributed by atoms with van der Waals surface area (Å²) in [6.45, 7) is 2.76. The van der Waals surface area contributed by atoms with Crippen molar-refractivity contribution < 1.29 is 14.3 Å². The molecule has 2 amide bonds. The molecule has 0 aromatic heterocycles. The Balaban J connectivity index is 1.54. The second-order valence-corrected chi connectivity index (χ2v) is 6.68. The fourth-order valence-electron chi connectivity index (χ4n) is 2.90. The van der Waals surface area contributed by atoms with Crippen molar-refractivity contribution in [1.29, 1.82) is 0 Å². The van der Waals surface area contributed by atoms with Crippen molar-refractivity contribution in [3.63, 3.8) is 0 Å². The van der Waals surface area contributed by atoms with E-state index in [9.17, 15) is 9.59 Å². The zero-order valence-corrected chi connectivity index (χ0v) is 15.3. The average Bonchev–Trinajstić information content (AvgIpc) is 2.64. The van der Waals surface area contributed by atoms with E-state index >= 15 is 0 Å². The van der Waals surface area contributed by atoms with Gasteiger partial charge in [-0.1, -0.05) is 41.9 Å². The normalized spacial score (nSPS) is 15.8. The van der Waals surface area contributed by atoms with E-state index < -0.39 is 0 Å². The zero-order chi connectivity index (χ0) is 18.5. The summed E-state index contributed by atoms with van der Waals surface area (Å²) in [5, 5.41) is 3.42. The number of amides is 2. The van der Waals surface area contributed by atoms with Gasteiger partial charge < -0.3 is 15.0 Å². The lowest BCUT2D eigenvalue weighted by molar-refractivity contribution is -0.125. The number of para-hydroxylation sites is 2. The summed E-state index contributed by atoms with van der Waals surface area (Å²) in [5.74, 6) is 0.441. The Morgan fingerprint density at radius 3 is 2.69 bits per heavy atom. The van der Waals surface area contributed by atoms with Crippen LogP contribution in [0.15, 0.2) is 48.5 Å². The molecule has 136 valence electrons. The van der Waals surface area contributed by atoms with Gasteiger partial charge in [0.05, 0.1) is 12.2 Å². The molecule has 2 aromatic carbocycles. The molecule has 5 nitrogen and oxygen atoms in total. The van der Waals surface area contributed by atoms with Gasteiger partial charge in [0, 0.05) is 24.4 Å². The topological polar surface area (TPSA) is 58.6 Å². The van der Waals surface area contributed by atoms with Crippen molar-refractivity contribution in [2.45, 2.75) is 32.4 Å². The highest BCUT2D eigenvalue weighted by Gasteiger charge is 2.27. The maximum Gasteiger partial charge on any atom is 0.227 e. The van der Waals surface area contributed by atoms with Crippen molar-refractivity contribution >= 4 is 29.1 Å². The second-order valence-electron chi connectivity index (χ2n) is 6.27. The van der Waals surface area contributed by atoms with E-state index in [1.165, 1.54) is 0 Å². The number of carbonyl (C=O) groups excluding carboxylic acids is 2. The molecule has 1 heterocycles. The smallest absolute Gasteiger partial charge is 0.227 e. The minimum absolute atomic E-state index is 0.0806. The fourth-order valence-corrected chi connectivity index (χ4v) is 3.11. The van der Waals surface area contributed by atoms with Gasteiger partial charge in [0.25, 0.3) is 0 Å². The van der Waals surface area contributed by atoms with E-state index in [2.05, 4.69) is 5.32 Å². The first-order valence-electron chi connectivity index (χ1n) is 8.61. The molecule has 0 saturated heterocycles. The standard InChI is InChI=1S/C20H21ClN2O3/c1-14-13-23(17-8-4-5-9-18(17)26-14)20(25)11-10-19(24)22-12-15-6-2-3-7-16(15)21/h2-9,14H,10-13H2,1H3,(H,22,24). The third-order valence-corrected chi connectivity index (χ3v) is 4.59. The second kappa shape index (κ2) is 8.23. The van der Waals surface area contributed by atoms with E-state index in [0.29, 0.717) is 23.9 Å². The molecular weight excluding hydrogens is 352 g/mol. The molecule has 1 unspecified atom stereocenters.